The van der Waals surface area contributed by atoms with E-state index in [1.54, 1.807) is 13.0 Å². The van der Waals surface area contributed by atoms with Crippen molar-refractivity contribution in [2.24, 2.45) is 0 Å². The first-order valence-corrected chi connectivity index (χ1v) is 13.1. The summed E-state index contributed by atoms with van der Waals surface area (Å²) in [7, 11) is -7.16. The minimum atomic E-state index is -3.75. The highest BCUT2D eigenvalue weighted by atomic mass is 32.2. The van der Waals surface area contributed by atoms with Crippen LogP contribution >= 0.6 is 0 Å². The Hall–Kier alpha value is -2.63. The minimum absolute atomic E-state index is 0.0155. The van der Waals surface area contributed by atoms with Gasteiger partial charge in [0.15, 0.2) is 0 Å². The molecule has 0 atom stereocenters. The van der Waals surface area contributed by atoms with Crippen LogP contribution in [-0.4, -0.2) is 53.0 Å². The highest BCUT2D eigenvalue weighted by Gasteiger charge is 2.30. The number of nitrogens with one attached hydrogen (secondary N) is 2. The number of amides is 1. The molecule has 1 aliphatic heterocycles. The lowest BCUT2D eigenvalue weighted by molar-refractivity contribution is 0.102. The van der Waals surface area contributed by atoms with Gasteiger partial charge in [0.2, 0.25) is 20.0 Å². The normalized spacial score (nSPS) is 14.9. The highest BCUT2D eigenvalue weighted by Crippen LogP contribution is 2.31. The molecule has 2 aromatic rings. The largest absolute Gasteiger partial charge is 0.492 e. The van der Waals surface area contributed by atoms with Gasteiger partial charge in [0.05, 0.1) is 12.9 Å². The maximum Gasteiger partial charge on any atom is 0.255 e. The molecule has 0 aliphatic carbocycles. The molecule has 9 nitrogen and oxygen atoms in total. The van der Waals surface area contributed by atoms with Crippen molar-refractivity contribution >= 4 is 37.3 Å². The second kappa shape index (κ2) is 9.25. The molecule has 1 fully saturated rings. The average molecular weight is 468 g/mol. The number of nitrogens with zero attached hydrogens (tertiary/aromatic N) is 1. The second-order valence-electron chi connectivity index (χ2n) is 7.11. The van der Waals surface area contributed by atoms with E-state index in [1.807, 2.05) is 0 Å². The van der Waals surface area contributed by atoms with Gasteiger partial charge in [0.1, 0.15) is 10.6 Å². The summed E-state index contributed by atoms with van der Waals surface area (Å²) in [4.78, 5) is 12.6. The Kier molecular flexibility index (Phi) is 6.87. The Morgan fingerprint density at radius 1 is 1.00 bits per heavy atom. The molecule has 0 radical (unpaired) electrons. The third kappa shape index (κ3) is 5.75. The summed E-state index contributed by atoms with van der Waals surface area (Å²) < 4.78 is 58.0. The van der Waals surface area contributed by atoms with Crippen molar-refractivity contribution in [2.45, 2.75) is 24.7 Å². The van der Waals surface area contributed by atoms with E-state index in [2.05, 4.69) is 10.0 Å². The molecule has 0 saturated carbocycles. The van der Waals surface area contributed by atoms with E-state index in [0.717, 1.165) is 19.1 Å². The molecule has 0 bridgehead atoms. The molecule has 1 aliphatic rings. The molecule has 1 saturated heterocycles. The lowest BCUT2D eigenvalue weighted by Gasteiger charge is -2.19. The first-order chi connectivity index (χ1) is 14.6. The fourth-order valence-corrected chi connectivity index (χ4v) is 5.48. The van der Waals surface area contributed by atoms with Gasteiger partial charge in [-0.2, -0.15) is 4.31 Å². The van der Waals surface area contributed by atoms with E-state index in [9.17, 15) is 21.6 Å². The van der Waals surface area contributed by atoms with Crippen LogP contribution in [0.2, 0.25) is 0 Å². The van der Waals surface area contributed by atoms with E-state index >= 15 is 0 Å². The Labute approximate surface area is 182 Å². The van der Waals surface area contributed by atoms with Crippen LogP contribution in [0.3, 0.4) is 0 Å². The van der Waals surface area contributed by atoms with Crippen molar-refractivity contribution < 1.29 is 26.4 Å². The molecule has 11 heteroatoms. The maximum absolute atomic E-state index is 13.1. The third-order valence-electron chi connectivity index (χ3n) is 4.63. The molecule has 31 heavy (non-hydrogen) atoms. The van der Waals surface area contributed by atoms with Gasteiger partial charge in [-0.1, -0.05) is 0 Å². The van der Waals surface area contributed by atoms with Gasteiger partial charge in [-0.25, -0.2) is 16.8 Å². The number of hydrogen-bond acceptors (Lipinski definition) is 6. The van der Waals surface area contributed by atoms with Gasteiger partial charge < -0.3 is 10.1 Å². The van der Waals surface area contributed by atoms with Gasteiger partial charge in [0.25, 0.3) is 5.91 Å². The topological polar surface area (TPSA) is 122 Å². The smallest absolute Gasteiger partial charge is 0.255 e. The molecule has 1 heterocycles. The number of hydrogen-bond donors (Lipinski definition) is 2. The van der Waals surface area contributed by atoms with Crippen LogP contribution in [0.4, 0.5) is 11.4 Å². The van der Waals surface area contributed by atoms with E-state index < -0.39 is 26.0 Å². The van der Waals surface area contributed by atoms with Gasteiger partial charge >= 0.3 is 0 Å². The monoisotopic (exact) mass is 467 g/mol. The van der Waals surface area contributed by atoms with Crippen molar-refractivity contribution in [2.75, 3.05) is 36.0 Å². The van der Waals surface area contributed by atoms with Crippen LogP contribution < -0.4 is 14.8 Å². The van der Waals surface area contributed by atoms with Crippen LogP contribution in [-0.2, 0) is 20.0 Å². The Morgan fingerprint density at radius 2 is 1.61 bits per heavy atom. The number of anilines is 2. The molecule has 2 N–H and O–H groups in total. The van der Waals surface area contributed by atoms with E-state index in [0.29, 0.717) is 31.1 Å². The zero-order valence-corrected chi connectivity index (χ0v) is 18.9. The lowest BCUT2D eigenvalue weighted by Crippen LogP contribution is -2.28. The summed E-state index contributed by atoms with van der Waals surface area (Å²) >= 11 is 0. The lowest BCUT2D eigenvalue weighted by atomic mass is 10.2. The van der Waals surface area contributed by atoms with Gasteiger partial charge in [0, 0.05) is 30.0 Å². The second-order valence-corrected chi connectivity index (χ2v) is 10.8. The number of carbonyl (C=O) groups excluding carboxylic acids is 1. The zero-order chi connectivity index (χ0) is 22.6. The summed E-state index contributed by atoms with van der Waals surface area (Å²) in [6.45, 7) is 2.99. The Bertz CT molecular complexity index is 1160. The molecule has 0 spiro atoms. The van der Waals surface area contributed by atoms with Gasteiger partial charge in [-0.15, -0.1) is 0 Å². The van der Waals surface area contributed by atoms with E-state index in [4.69, 9.17) is 4.74 Å². The average Bonchev–Trinajstić information content (AvgIpc) is 3.24. The number of ether oxygens (including phenoxy) is 1. The fourth-order valence-electron chi connectivity index (χ4n) is 3.24. The number of sulfonamides is 2. The van der Waals surface area contributed by atoms with E-state index in [1.165, 1.54) is 40.7 Å². The highest BCUT2D eigenvalue weighted by molar-refractivity contribution is 7.92. The minimum Gasteiger partial charge on any atom is -0.492 e. The van der Waals surface area contributed by atoms with E-state index in [-0.39, 0.29) is 16.2 Å². The molecule has 168 valence electrons. The van der Waals surface area contributed by atoms with Crippen molar-refractivity contribution in [3.63, 3.8) is 0 Å². The maximum atomic E-state index is 13.1. The van der Waals surface area contributed by atoms with Crippen LogP contribution in [0.25, 0.3) is 0 Å². The van der Waals surface area contributed by atoms with Crippen molar-refractivity contribution in [3.05, 3.63) is 48.0 Å². The standard InChI is InChI=1S/C20H25N3O6S2/c1-3-29-18-11-10-17(14-19(18)31(27,28)23-12-4-5-13-23)21-20(24)15-6-8-16(9-7-15)22-30(2,25)26/h6-11,14,22H,3-5,12-13H2,1-2H3,(H,21,24). The first kappa shape index (κ1) is 23.0. The van der Waals surface area contributed by atoms with Gasteiger partial charge in [-0.3, -0.25) is 9.52 Å². The van der Waals surface area contributed by atoms with Crippen LogP contribution in [0.1, 0.15) is 30.1 Å². The van der Waals surface area contributed by atoms with Crippen molar-refractivity contribution in [1.82, 2.24) is 4.31 Å². The Morgan fingerprint density at radius 3 is 2.19 bits per heavy atom. The molecular weight excluding hydrogens is 442 g/mol. The molecule has 2 aromatic carbocycles. The predicted molar refractivity (Wildman–Crippen MR) is 118 cm³/mol. The zero-order valence-electron chi connectivity index (χ0n) is 17.3. The quantitative estimate of drug-likeness (QED) is 0.615. The Balaban J connectivity index is 1.83. The van der Waals surface area contributed by atoms with Gasteiger partial charge in [-0.05, 0) is 62.2 Å². The van der Waals surface area contributed by atoms with Crippen molar-refractivity contribution in [1.29, 1.82) is 0 Å². The number of rotatable bonds is 8. The third-order valence-corrected chi connectivity index (χ3v) is 7.16. The molecule has 1 amide bonds. The number of carbonyl (C=O) groups is 1. The SMILES string of the molecule is CCOc1ccc(NC(=O)c2ccc(NS(C)(=O)=O)cc2)cc1S(=O)(=O)N1CCCC1. The summed E-state index contributed by atoms with van der Waals surface area (Å²) in [6.07, 6.45) is 2.65. The molecule has 0 unspecified atom stereocenters. The first-order valence-electron chi connectivity index (χ1n) is 9.76. The summed E-state index contributed by atoms with van der Waals surface area (Å²) in [5.74, 6) is -0.219. The van der Waals surface area contributed by atoms with Crippen LogP contribution in [0.15, 0.2) is 47.4 Å². The fraction of sp³-hybridized carbons (Fsp3) is 0.350. The van der Waals surface area contributed by atoms with Crippen LogP contribution in [0.5, 0.6) is 5.75 Å². The molecular formula is C20H25N3O6S2. The predicted octanol–water partition coefficient (Wildman–Crippen LogP) is 2.49. The number of benzene rings is 2. The summed E-state index contributed by atoms with van der Waals surface area (Å²) in [5, 5.41) is 2.68. The molecule has 3 rings (SSSR count). The molecule has 0 aromatic heterocycles. The van der Waals surface area contributed by atoms with Crippen molar-refractivity contribution in [3.8, 4) is 5.75 Å². The van der Waals surface area contributed by atoms with Crippen LogP contribution in [0, 0.1) is 0 Å². The summed E-state index contributed by atoms with van der Waals surface area (Å²) in [5.41, 5.74) is 0.931. The summed E-state index contributed by atoms with van der Waals surface area (Å²) in [6, 6.07) is 10.4.